The van der Waals surface area contributed by atoms with Crippen LogP contribution in [0, 0.1) is 5.92 Å². The van der Waals surface area contributed by atoms with Gasteiger partial charge in [0.25, 0.3) is 0 Å². The van der Waals surface area contributed by atoms with Crippen molar-refractivity contribution in [3.63, 3.8) is 0 Å². The molecule has 2 rings (SSSR count). The van der Waals surface area contributed by atoms with Crippen LogP contribution in [-0.2, 0) is 6.61 Å². The van der Waals surface area contributed by atoms with E-state index in [4.69, 9.17) is 11.5 Å². The maximum Gasteiger partial charge on any atom is 0.0685 e. The maximum atomic E-state index is 9.18. The van der Waals surface area contributed by atoms with Gasteiger partial charge < -0.3 is 16.6 Å². The van der Waals surface area contributed by atoms with Gasteiger partial charge in [0, 0.05) is 11.7 Å². The van der Waals surface area contributed by atoms with E-state index in [2.05, 4.69) is 0 Å². The summed E-state index contributed by atoms with van der Waals surface area (Å²) in [5.74, 6) is 0.601. The molecule has 1 aromatic rings. The summed E-state index contributed by atoms with van der Waals surface area (Å²) < 4.78 is 0. The Morgan fingerprint density at radius 2 is 2.14 bits per heavy atom. The molecular formula is C11H16N2O. The predicted octanol–water partition coefficient (Wildman–Crippen LogP) is 1.17. The van der Waals surface area contributed by atoms with Gasteiger partial charge in [0.05, 0.1) is 6.61 Å². The summed E-state index contributed by atoms with van der Waals surface area (Å²) in [5, 5.41) is 9.18. The number of nitrogens with two attached hydrogens (primary N) is 2. The highest BCUT2D eigenvalue weighted by atomic mass is 16.3. The van der Waals surface area contributed by atoms with E-state index in [9.17, 15) is 5.11 Å². The lowest BCUT2D eigenvalue weighted by Crippen LogP contribution is -2.14. The number of aliphatic hydroxyl groups excluding tert-OH is 1. The molecule has 1 fully saturated rings. The molecule has 5 N–H and O–H groups in total. The highest BCUT2D eigenvalue weighted by molar-refractivity contribution is 5.45. The normalized spacial score (nSPS) is 18.1. The van der Waals surface area contributed by atoms with E-state index in [1.54, 1.807) is 6.07 Å². The average Bonchev–Trinajstić information content (AvgIpc) is 3.00. The fourth-order valence-electron chi connectivity index (χ4n) is 1.80. The molecule has 0 aromatic heterocycles. The molecule has 1 aliphatic carbocycles. The third-order valence-electron chi connectivity index (χ3n) is 2.83. The summed E-state index contributed by atoms with van der Waals surface area (Å²) in [6, 6.07) is 5.65. The molecule has 1 atom stereocenters. The number of rotatable bonds is 3. The molecule has 0 radical (unpaired) electrons. The molecule has 14 heavy (non-hydrogen) atoms. The van der Waals surface area contributed by atoms with Crippen LogP contribution >= 0.6 is 0 Å². The molecule has 0 aliphatic heterocycles. The first-order chi connectivity index (χ1) is 6.72. The van der Waals surface area contributed by atoms with Gasteiger partial charge in [-0.05, 0) is 42.0 Å². The molecule has 1 aliphatic rings. The first kappa shape index (κ1) is 9.49. The van der Waals surface area contributed by atoms with E-state index in [-0.39, 0.29) is 12.6 Å². The fourth-order valence-corrected chi connectivity index (χ4v) is 1.80. The van der Waals surface area contributed by atoms with E-state index in [0.29, 0.717) is 11.6 Å². The van der Waals surface area contributed by atoms with Crippen molar-refractivity contribution in [2.45, 2.75) is 25.5 Å². The molecule has 1 aromatic carbocycles. The highest BCUT2D eigenvalue weighted by Crippen LogP contribution is 2.40. The Hall–Kier alpha value is -1.06. The summed E-state index contributed by atoms with van der Waals surface area (Å²) in [4.78, 5) is 0. The van der Waals surface area contributed by atoms with Gasteiger partial charge in [0.15, 0.2) is 0 Å². The van der Waals surface area contributed by atoms with Crippen molar-refractivity contribution in [3.05, 3.63) is 29.3 Å². The standard InChI is InChI=1S/C11H16N2O/c12-9-3-4-10(8(5-9)6-14)11(13)7-1-2-7/h3-5,7,11,14H,1-2,6,12-13H2. The summed E-state index contributed by atoms with van der Waals surface area (Å²) in [6.07, 6.45) is 2.41. The molecule has 76 valence electrons. The van der Waals surface area contributed by atoms with Crippen LogP contribution in [0.25, 0.3) is 0 Å². The largest absolute Gasteiger partial charge is 0.399 e. The van der Waals surface area contributed by atoms with Crippen LogP contribution in [0.1, 0.15) is 30.0 Å². The van der Waals surface area contributed by atoms with Crippen molar-refractivity contribution in [2.75, 3.05) is 5.73 Å². The first-order valence-corrected chi connectivity index (χ1v) is 4.97. The predicted molar refractivity (Wildman–Crippen MR) is 56.4 cm³/mol. The Labute approximate surface area is 83.7 Å². The van der Waals surface area contributed by atoms with Gasteiger partial charge in [-0.25, -0.2) is 0 Å². The third-order valence-corrected chi connectivity index (χ3v) is 2.83. The molecule has 1 unspecified atom stereocenters. The fraction of sp³-hybridized carbons (Fsp3) is 0.455. The van der Waals surface area contributed by atoms with Crippen molar-refractivity contribution in [1.29, 1.82) is 0 Å². The van der Waals surface area contributed by atoms with Crippen molar-refractivity contribution in [3.8, 4) is 0 Å². The molecule has 0 heterocycles. The van der Waals surface area contributed by atoms with Crippen LogP contribution < -0.4 is 11.5 Å². The van der Waals surface area contributed by atoms with Crippen LogP contribution in [0.2, 0.25) is 0 Å². The van der Waals surface area contributed by atoms with Crippen molar-refractivity contribution < 1.29 is 5.11 Å². The van der Waals surface area contributed by atoms with Gasteiger partial charge in [-0.3, -0.25) is 0 Å². The second kappa shape index (κ2) is 3.59. The summed E-state index contributed by atoms with van der Waals surface area (Å²) in [7, 11) is 0. The number of anilines is 1. The van der Waals surface area contributed by atoms with Crippen molar-refractivity contribution in [1.82, 2.24) is 0 Å². The monoisotopic (exact) mass is 192 g/mol. The van der Waals surface area contributed by atoms with E-state index in [1.807, 2.05) is 12.1 Å². The number of benzene rings is 1. The van der Waals surface area contributed by atoms with Crippen LogP contribution in [0.4, 0.5) is 5.69 Å². The van der Waals surface area contributed by atoms with Crippen LogP contribution in [0.5, 0.6) is 0 Å². The van der Waals surface area contributed by atoms with Crippen molar-refractivity contribution >= 4 is 5.69 Å². The summed E-state index contributed by atoms with van der Waals surface area (Å²) in [5.41, 5.74) is 14.3. The number of hydrogen-bond acceptors (Lipinski definition) is 3. The number of hydrogen-bond donors (Lipinski definition) is 3. The van der Waals surface area contributed by atoms with E-state index < -0.39 is 0 Å². The maximum absolute atomic E-state index is 9.18. The zero-order valence-corrected chi connectivity index (χ0v) is 8.11. The lowest BCUT2D eigenvalue weighted by molar-refractivity contribution is 0.279. The Kier molecular flexibility index (Phi) is 2.44. The molecule has 3 nitrogen and oxygen atoms in total. The smallest absolute Gasteiger partial charge is 0.0685 e. The topological polar surface area (TPSA) is 72.3 Å². The molecule has 0 amide bonds. The Morgan fingerprint density at radius 1 is 1.43 bits per heavy atom. The first-order valence-electron chi connectivity index (χ1n) is 4.97. The van der Waals surface area contributed by atoms with Gasteiger partial charge in [-0.15, -0.1) is 0 Å². The molecule has 0 bridgehead atoms. The van der Waals surface area contributed by atoms with Gasteiger partial charge in [-0.2, -0.15) is 0 Å². The second-order valence-corrected chi connectivity index (χ2v) is 3.98. The van der Waals surface area contributed by atoms with E-state index >= 15 is 0 Å². The Bertz CT molecular complexity index is 334. The number of aliphatic hydroxyl groups is 1. The van der Waals surface area contributed by atoms with Crippen molar-refractivity contribution in [2.24, 2.45) is 11.7 Å². The molecule has 0 spiro atoms. The minimum atomic E-state index is 0.0147. The zero-order chi connectivity index (χ0) is 10.1. The molecule has 1 saturated carbocycles. The lowest BCUT2D eigenvalue weighted by Gasteiger charge is -2.15. The van der Waals surface area contributed by atoms with Crippen LogP contribution in [0.3, 0.4) is 0 Å². The van der Waals surface area contributed by atoms with E-state index in [0.717, 1.165) is 11.1 Å². The van der Waals surface area contributed by atoms with Gasteiger partial charge in [0.2, 0.25) is 0 Å². The van der Waals surface area contributed by atoms with Gasteiger partial charge in [-0.1, -0.05) is 6.07 Å². The minimum absolute atomic E-state index is 0.0147. The van der Waals surface area contributed by atoms with Crippen LogP contribution in [-0.4, -0.2) is 5.11 Å². The molecular weight excluding hydrogens is 176 g/mol. The van der Waals surface area contributed by atoms with Gasteiger partial charge in [0.1, 0.15) is 0 Å². The summed E-state index contributed by atoms with van der Waals surface area (Å²) in [6.45, 7) is 0.0147. The lowest BCUT2D eigenvalue weighted by atomic mass is 9.97. The SMILES string of the molecule is Nc1ccc(C(N)C2CC2)c(CO)c1. The number of nitrogen functional groups attached to an aromatic ring is 1. The molecule has 3 heteroatoms. The molecule has 0 saturated heterocycles. The van der Waals surface area contributed by atoms with Gasteiger partial charge >= 0.3 is 0 Å². The zero-order valence-electron chi connectivity index (χ0n) is 8.11. The third kappa shape index (κ3) is 1.74. The second-order valence-electron chi connectivity index (χ2n) is 3.98. The van der Waals surface area contributed by atoms with Crippen LogP contribution in [0.15, 0.2) is 18.2 Å². The highest BCUT2D eigenvalue weighted by Gasteiger charge is 2.30. The minimum Gasteiger partial charge on any atom is -0.399 e. The summed E-state index contributed by atoms with van der Waals surface area (Å²) >= 11 is 0. The average molecular weight is 192 g/mol. The Balaban J connectivity index is 2.30. The van der Waals surface area contributed by atoms with E-state index in [1.165, 1.54) is 12.8 Å². The quantitative estimate of drug-likeness (QED) is 0.629. The Morgan fingerprint density at radius 3 is 2.71 bits per heavy atom.